The molecule has 1 unspecified atom stereocenters. The third-order valence-corrected chi connectivity index (χ3v) is 6.30. The molecule has 0 bridgehead atoms. The van der Waals surface area contributed by atoms with Gasteiger partial charge in [-0.1, -0.05) is 35.5 Å². The highest BCUT2D eigenvalue weighted by Gasteiger charge is 2.27. The summed E-state index contributed by atoms with van der Waals surface area (Å²) in [5.41, 5.74) is 8.88. The fourth-order valence-electron chi connectivity index (χ4n) is 3.50. The van der Waals surface area contributed by atoms with Gasteiger partial charge in [0.25, 0.3) is 0 Å². The number of nitrogens with two attached hydrogens (primary N) is 1. The Morgan fingerprint density at radius 2 is 1.68 bits per heavy atom. The zero-order valence-electron chi connectivity index (χ0n) is 14.1. The lowest BCUT2D eigenvalue weighted by atomic mass is 10.2. The lowest BCUT2D eigenvalue weighted by Gasteiger charge is -2.37. The number of thioether (sulfide) groups is 1. The Kier molecular flexibility index (Phi) is 5.08. The molecule has 4 nitrogen and oxygen atoms in total. The Hall–Kier alpha value is -1.40. The van der Waals surface area contributed by atoms with E-state index in [1.807, 2.05) is 12.1 Å². The van der Waals surface area contributed by atoms with Gasteiger partial charge in [-0.25, -0.2) is 0 Å². The number of hydrogen-bond donors (Lipinski definition) is 1. The first-order valence-electron chi connectivity index (χ1n) is 8.71. The van der Waals surface area contributed by atoms with Gasteiger partial charge in [0.05, 0.1) is 5.69 Å². The van der Waals surface area contributed by atoms with Crippen LogP contribution >= 0.6 is 23.4 Å². The Balaban J connectivity index is 1.30. The summed E-state index contributed by atoms with van der Waals surface area (Å²) in [6.45, 7) is 6.31. The maximum absolute atomic E-state index is 6.31. The molecule has 2 aromatic rings. The van der Waals surface area contributed by atoms with Crippen molar-refractivity contribution in [2.24, 2.45) is 5.73 Å². The monoisotopic (exact) mass is 374 g/mol. The molecule has 2 heterocycles. The molecule has 2 aromatic carbocycles. The van der Waals surface area contributed by atoms with Crippen molar-refractivity contribution in [1.29, 1.82) is 0 Å². The van der Waals surface area contributed by atoms with Crippen molar-refractivity contribution in [1.82, 2.24) is 4.90 Å². The van der Waals surface area contributed by atoms with E-state index in [4.69, 9.17) is 17.3 Å². The van der Waals surface area contributed by atoms with Gasteiger partial charge < -0.3 is 15.5 Å². The van der Waals surface area contributed by atoms with Crippen LogP contribution in [0.4, 0.5) is 11.4 Å². The number of hydrogen-bond acceptors (Lipinski definition) is 5. The fourth-order valence-corrected chi connectivity index (χ4v) is 4.70. The smallest absolute Gasteiger partial charge is 0.130 e. The highest BCUT2D eigenvalue weighted by molar-refractivity contribution is 8.00. The van der Waals surface area contributed by atoms with Crippen LogP contribution in [0.5, 0.6) is 0 Å². The van der Waals surface area contributed by atoms with Gasteiger partial charge >= 0.3 is 0 Å². The van der Waals surface area contributed by atoms with Crippen molar-refractivity contribution >= 4 is 34.7 Å². The van der Waals surface area contributed by atoms with E-state index in [-0.39, 0.29) is 5.50 Å². The molecular formula is C19H23ClN4S. The minimum absolute atomic E-state index is 0.0350. The molecule has 0 spiro atoms. The van der Waals surface area contributed by atoms with Crippen LogP contribution in [0.1, 0.15) is 0 Å². The topological polar surface area (TPSA) is 35.7 Å². The third-order valence-electron chi connectivity index (χ3n) is 4.95. The maximum Gasteiger partial charge on any atom is 0.130 e. The zero-order valence-corrected chi connectivity index (χ0v) is 15.7. The van der Waals surface area contributed by atoms with Gasteiger partial charge in [0.2, 0.25) is 0 Å². The standard InChI is InChI=1S/C19H23ClN4S/c20-15-5-7-16(8-6-15)23-12-9-22(10-13-23)11-14-24-17-3-1-2-4-18(17)25-19(24)21/h1-8,19H,9-14,21H2. The first-order valence-corrected chi connectivity index (χ1v) is 9.97. The van der Waals surface area contributed by atoms with Crippen molar-refractivity contribution in [3.63, 3.8) is 0 Å². The van der Waals surface area contributed by atoms with E-state index < -0.39 is 0 Å². The molecule has 6 heteroatoms. The number of anilines is 2. The van der Waals surface area contributed by atoms with Crippen molar-refractivity contribution in [3.8, 4) is 0 Å². The van der Waals surface area contributed by atoms with Gasteiger partial charge in [-0.2, -0.15) is 0 Å². The van der Waals surface area contributed by atoms with Gasteiger partial charge in [0.15, 0.2) is 0 Å². The summed E-state index contributed by atoms with van der Waals surface area (Å²) in [5.74, 6) is 0. The summed E-state index contributed by atoms with van der Waals surface area (Å²) in [4.78, 5) is 8.58. The predicted octanol–water partition coefficient (Wildman–Crippen LogP) is 3.32. The van der Waals surface area contributed by atoms with Crippen molar-refractivity contribution in [2.75, 3.05) is 49.1 Å². The minimum atomic E-state index is 0.0350. The summed E-state index contributed by atoms with van der Waals surface area (Å²) < 4.78 is 0. The Morgan fingerprint density at radius 3 is 2.44 bits per heavy atom. The summed E-state index contributed by atoms with van der Waals surface area (Å²) in [6, 6.07) is 16.6. The predicted molar refractivity (Wildman–Crippen MR) is 108 cm³/mol. The van der Waals surface area contributed by atoms with Gasteiger partial charge in [0, 0.05) is 54.9 Å². The van der Waals surface area contributed by atoms with Crippen molar-refractivity contribution in [3.05, 3.63) is 53.6 Å². The number of piperazine rings is 1. The molecule has 0 radical (unpaired) electrons. The molecule has 25 heavy (non-hydrogen) atoms. The third kappa shape index (κ3) is 3.75. The molecule has 1 fully saturated rings. The Labute approximate surface area is 158 Å². The number of nitrogens with zero attached hydrogens (tertiary/aromatic N) is 3. The first-order chi connectivity index (χ1) is 12.2. The number of halogens is 1. The van der Waals surface area contributed by atoms with E-state index in [0.717, 1.165) is 44.3 Å². The molecule has 4 rings (SSSR count). The first kappa shape index (κ1) is 17.0. The Morgan fingerprint density at radius 1 is 0.960 bits per heavy atom. The van der Waals surface area contributed by atoms with Crippen LogP contribution in [0.15, 0.2) is 53.4 Å². The SMILES string of the molecule is NC1Sc2ccccc2N1CCN1CCN(c2ccc(Cl)cc2)CC1. The van der Waals surface area contributed by atoms with Crippen LogP contribution in [0.25, 0.3) is 0 Å². The largest absolute Gasteiger partial charge is 0.369 e. The highest BCUT2D eigenvalue weighted by atomic mass is 35.5. The molecule has 2 aliphatic rings. The van der Waals surface area contributed by atoms with Gasteiger partial charge in [0.1, 0.15) is 5.50 Å². The van der Waals surface area contributed by atoms with E-state index in [1.165, 1.54) is 16.3 Å². The van der Waals surface area contributed by atoms with Crippen molar-refractivity contribution < 1.29 is 0 Å². The summed E-state index contributed by atoms with van der Waals surface area (Å²) >= 11 is 7.73. The molecule has 0 amide bonds. The van der Waals surface area contributed by atoms with E-state index in [0.29, 0.717) is 0 Å². The zero-order chi connectivity index (χ0) is 17.2. The van der Waals surface area contributed by atoms with Crippen LogP contribution in [-0.2, 0) is 0 Å². The lowest BCUT2D eigenvalue weighted by molar-refractivity contribution is 0.262. The number of benzene rings is 2. The number of para-hydroxylation sites is 1. The lowest BCUT2D eigenvalue weighted by Crippen LogP contribution is -2.49. The quantitative estimate of drug-likeness (QED) is 0.888. The summed E-state index contributed by atoms with van der Waals surface area (Å²) in [5, 5.41) is 0.794. The normalized spacial score (nSPS) is 20.8. The summed E-state index contributed by atoms with van der Waals surface area (Å²) in [7, 11) is 0. The molecule has 0 aliphatic carbocycles. The molecule has 1 atom stereocenters. The molecule has 0 saturated carbocycles. The molecular weight excluding hydrogens is 352 g/mol. The average molecular weight is 375 g/mol. The minimum Gasteiger partial charge on any atom is -0.369 e. The fraction of sp³-hybridized carbons (Fsp3) is 0.368. The van der Waals surface area contributed by atoms with E-state index in [9.17, 15) is 0 Å². The van der Waals surface area contributed by atoms with Gasteiger partial charge in [-0.05, 0) is 36.4 Å². The van der Waals surface area contributed by atoms with Crippen LogP contribution in [0.2, 0.25) is 5.02 Å². The summed E-state index contributed by atoms with van der Waals surface area (Å²) in [6.07, 6.45) is 0. The molecule has 1 saturated heterocycles. The van der Waals surface area contributed by atoms with E-state index in [2.05, 4.69) is 51.1 Å². The van der Waals surface area contributed by atoms with E-state index >= 15 is 0 Å². The molecule has 2 aliphatic heterocycles. The van der Waals surface area contributed by atoms with Crippen LogP contribution in [0.3, 0.4) is 0 Å². The molecule has 0 aromatic heterocycles. The second kappa shape index (κ2) is 7.46. The highest BCUT2D eigenvalue weighted by Crippen LogP contribution is 2.40. The van der Waals surface area contributed by atoms with Gasteiger partial charge in [-0.3, -0.25) is 4.90 Å². The average Bonchev–Trinajstić information content (AvgIpc) is 2.96. The van der Waals surface area contributed by atoms with Crippen molar-refractivity contribution in [2.45, 2.75) is 10.4 Å². The van der Waals surface area contributed by atoms with Crippen LogP contribution in [-0.4, -0.2) is 49.7 Å². The molecule has 132 valence electrons. The molecule has 2 N–H and O–H groups in total. The van der Waals surface area contributed by atoms with E-state index in [1.54, 1.807) is 11.8 Å². The Bertz CT molecular complexity index is 716. The number of rotatable bonds is 4. The second-order valence-corrected chi connectivity index (χ2v) is 8.07. The van der Waals surface area contributed by atoms with Crippen LogP contribution in [0, 0.1) is 0 Å². The van der Waals surface area contributed by atoms with Crippen LogP contribution < -0.4 is 15.5 Å². The number of fused-ring (bicyclic) bond motifs is 1. The van der Waals surface area contributed by atoms with Gasteiger partial charge in [-0.15, -0.1) is 0 Å². The maximum atomic E-state index is 6.31. The second-order valence-electron chi connectivity index (χ2n) is 6.47.